The molecule has 2 aliphatic rings. The van der Waals surface area contributed by atoms with Crippen molar-refractivity contribution in [3.05, 3.63) is 0 Å². The summed E-state index contributed by atoms with van der Waals surface area (Å²) < 4.78 is 25.4. The molecule has 0 radical (unpaired) electrons. The highest BCUT2D eigenvalue weighted by Crippen LogP contribution is 2.40. The SMILES string of the molecule is CC(C)C(C1COC(C)(CCC(=O)NCC(C)(C)CC(C)(C)C)O1)C1COC(C)(CCC(=O)NCC(C)(C)CC(C)(C)C)O1. The van der Waals surface area contributed by atoms with E-state index in [1.54, 1.807) is 0 Å². The minimum absolute atomic E-state index is 0.0226. The molecule has 2 saturated heterocycles. The first-order valence-corrected chi connectivity index (χ1v) is 17.0. The Bertz CT molecular complexity index is 877. The van der Waals surface area contributed by atoms with Gasteiger partial charge in [0.05, 0.1) is 25.4 Å². The molecular weight excluding hydrogens is 556 g/mol. The van der Waals surface area contributed by atoms with E-state index in [-0.39, 0.29) is 57.5 Å². The van der Waals surface area contributed by atoms with E-state index in [9.17, 15) is 9.59 Å². The van der Waals surface area contributed by atoms with Crippen LogP contribution in [-0.4, -0.2) is 61.9 Å². The number of hydrogen-bond acceptors (Lipinski definition) is 6. The van der Waals surface area contributed by atoms with Gasteiger partial charge in [-0.1, -0.05) is 83.1 Å². The van der Waals surface area contributed by atoms with Crippen LogP contribution in [-0.2, 0) is 28.5 Å². The van der Waals surface area contributed by atoms with Gasteiger partial charge >= 0.3 is 0 Å². The number of rotatable bonds is 15. The van der Waals surface area contributed by atoms with Gasteiger partial charge in [-0.2, -0.15) is 0 Å². The smallest absolute Gasteiger partial charge is 0.220 e. The van der Waals surface area contributed by atoms with Gasteiger partial charge in [0.25, 0.3) is 0 Å². The molecule has 4 atom stereocenters. The number of hydrogen-bond donors (Lipinski definition) is 2. The molecule has 0 aromatic heterocycles. The lowest BCUT2D eigenvalue weighted by Crippen LogP contribution is -2.41. The van der Waals surface area contributed by atoms with Crippen molar-refractivity contribution in [2.24, 2.45) is 33.5 Å². The Morgan fingerprint density at radius 1 is 0.682 bits per heavy atom. The van der Waals surface area contributed by atoms with E-state index in [2.05, 4.69) is 93.7 Å². The predicted molar refractivity (Wildman–Crippen MR) is 177 cm³/mol. The van der Waals surface area contributed by atoms with Crippen LogP contribution in [0, 0.1) is 33.5 Å². The Morgan fingerprint density at radius 3 is 1.32 bits per heavy atom. The van der Waals surface area contributed by atoms with E-state index >= 15 is 0 Å². The number of amides is 2. The summed E-state index contributed by atoms with van der Waals surface area (Å²) in [5, 5.41) is 6.24. The molecular formula is C36H68N2O6. The number of carbonyl (C=O) groups is 2. The molecule has 2 aliphatic heterocycles. The Kier molecular flexibility index (Phi) is 13.0. The first-order chi connectivity index (χ1) is 19.8. The van der Waals surface area contributed by atoms with Crippen molar-refractivity contribution in [2.45, 2.75) is 159 Å². The van der Waals surface area contributed by atoms with Gasteiger partial charge in [0, 0.05) is 44.7 Å². The van der Waals surface area contributed by atoms with Gasteiger partial charge in [-0.3, -0.25) is 9.59 Å². The van der Waals surface area contributed by atoms with Gasteiger partial charge < -0.3 is 29.6 Å². The average Bonchev–Trinajstić information content (AvgIpc) is 3.39. The van der Waals surface area contributed by atoms with Crippen LogP contribution in [0.1, 0.15) is 135 Å². The van der Waals surface area contributed by atoms with Crippen LogP contribution in [0.4, 0.5) is 0 Å². The molecule has 258 valence electrons. The van der Waals surface area contributed by atoms with Crippen LogP contribution in [0.2, 0.25) is 0 Å². The summed E-state index contributed by atoms with van der Waals surface area (Å²) in [6, 6.07) is 0. The largest absolute Gasteiger partial charge is 0.356 e. The standard InChI is InChI=1S/C36H68N2O6/c1-25(2)30(26-19-41-35(13,43-26)17-15-28(39)37-23-33(9,10)21-31(3,4)5)27-20-42-36(14,44-27)18-16-29(40)38-24-34(11,12)22-32(6,7)8/h25-27,30H,15-24H2,1-14H3,(H,37,39)(H,38,40). The summed E-state index contributed by atoms with van der Waals surface area (Å²) in [5.41, 5.74) is 0.466. The lowest BCUT2D eigenvalue weighted by Gasteiger charge is -2.33. The van der Waals surface area contributed by atoms with Crippen LogP contribution >= 0.6 is 0 Å². The monoisotopic (exact) mass is 625 g/mol. The molecule has 8 nitrogen and oxygen atoms in total. The first-order valence-electron chi connectivity index (χ1n) is 17.0. The summed E-state index contributed by atoms with van der Waals surface area (Å²) >= 11 is 0. The maximum atomic E-state index is 12.7. The molecule has 0 spiro atoms. The molecule has 4 unspecified atom stereocenters. The van der Waals surface area contributed by atoms with Crippen molar-refractivity contribution in [3.63, 3.8) is 0 Å². The van der Waals surface area contributed by atoms with Gasteiger partial charge in [0.2, 0.25) is 11.8 Å². The normalized spacial score (nSPS) is 27.5. The molecule has 2 N–H and O–H groups in total. The molecule has 0 aromatic carbocycles. The van der Waals surface area contributed by atoms with Crippen molar-refractivity contribution >= 4 is 11.8 Å². The predicted octanol–water partition coefficient (Wildman–Crippen LogP) is 7.24. The molecule has 8 heteroatoms. The third kappa shape index (κ3) is 13.6. The highest BCUT2D eigenvalue weighted by molar-refractivity contribution is 5.76. The lowest BCUT2D eigenvalue weighted by molar-refractivity contribution is -0.188. The minimum atomic E-state index is -0.822. The maximum absolute atomic E-state index is 12.7. The zero-order valence-corrected chi connectivity index (χ0v) is 30.8. The summed E-state index contributed by atoms with van der Waals surface area (Å²) in [6.07, 6.45) is 3.38. The van der Waals surface area contributed by atoms with Crippen LogP contribution in [0.3, 0.4) is 0 Å². The van der Waals surface area contributed by atoms with Crippen molar-refractivity contribution in [2.75, 3.05) is 26.3 Å². The van der Waals surface area contributed by atoms with Gasteiger partial charge in [-0.15, -0.1) is 0 Å². The second-order valence-corrected chi connectivity index (χ2v) is 18.4. The van der Waals surface area contributed by atoms with E-state index < -0.39 is 11.6 Å². The Hall–Kier alpha value is -1.22. The van der Waals surface area contributed by atoms with Crippen LogP contribution in [0.5, 0.6) is 0 Å². The maximum Gasteiger partial charge on any atom is 0.220 e. The zero-order chi connectivity index (χ0) is 33.8. The average molecular weight is 625 g/mol. The van der Waals surface area contributed by atoms with Crippen molar-refractivity contribution in [3.8, 4) is 0 Å². The molecule has 0 saturated carbocycles. The number of ether oxygens (including phenoxy) is 4. The topological polar surface area (TPSA) is 95.1 Å². The van der Waals surface area contributed by atoms with Crippen LogP contribution in [0.25, 0.3) is 0 Å². The molecule has 2 amide bonds. The Labute approximate surface area is 269 Å². The van der Waals surface area contributed by atoms with Crippen molar-refractivity contribution in [1.82, 2.24) is 10.6 Å². The van der Waals surface area contributed by atoms with E-state index in [1.807, 2.05) is 13.8 Å². The fourth-order valence-electron chi connectivity index (χ4n) is 7.56. The fourth-order valence-corrected chi connectivity index (χ4v) is 7.56. The Balaban J connectivity index is 1.86. The molecule has 2 fully saturated rings. The van der Waals surface area contributed by atoms with Crippen LogP contribution in [0.15, 0.2) is 0 Å². The van der Waals surface area contributed by atoms with Gasteiger partial charge in [-0.05, 0) is 54.3 Å². The summed E-state index contributed by atoms with van der Waals surface area (Å²) in [4.78, 5) is 25.5. The lowest BCUT2D eigenvalue weighted by atomic mass is 9.76. The van der Waals surface area contributed by atoms with E-state index in [1.165, 1.54) is 0 Å². The zero-order valence-electron chi connectivity index (χ0n) is 30.8. The Morgan fingerprint density at radius 2 is 1.02 bits per heavy atom. The fraction of sp³-hybridized carbons (Fsp3) is 0.944. The molecule has 0 bridgehead atoms. The second kappa shape index (κ2) is 14.7. The highest BCUT2D eigenvalue weighted by Gasteiger charge is 2.49. The molecule has 0 aliphatic carbocycles. The molecule has 2 heterocycles. The molecule has 2 rings (SSSR count). The number of nitrogens with one attached hydrogen (secondary N) is 2. The minimum Gasteiger partial charge on any atom is -0.356 e. The molecule has 44 heavy (non-hydrogen) atoms. The molecule has 0 aromatic rings. The third-order valence-electron chi connectivity index (χ3n) is 8.69. The quantitative estimate of drug-likeness (QED) is 0.200. The number of carbonyl (C=O) groups excluding carboxylic acids is 2. The van der Waals surface area contributed by atoms with Gasteiger partial charge in [-0.25, -0.2) is 0 Å². The van der Waals surface area contributed by atoms with Crippen LogP contribution < -0.4 is 10.6 Å². The van der Waals surface area contributed by atoms with E-state index in [0.29, 0.717) is 52.0 Å². The van der Waals surface area contributed by atoms with Gasteiger partial charge in [0.1, 0.15) is 0 Å². The van der Waals surface area contributed by atoms with Gasteiger partial charge in [0.15, 0.2) is 11.6 Å². The summed E-state index contributed by atoms with van der Waals surface area (Å²) in [6.45, 7) is 32.5. The first kappa shape index (κ1) is 39.0. The van der Waals surface area contributed by atoms with E-state index in [4.69, 9.17) is 18.9 Å². The van der Waals surface area contributed by atoms with E-state index in [0.717, 1.165) is 12.8 Å². The third-order valence-corrected chi connectivity index (χ3v) is 8.69. The van der Waals surface area contributed by atoms with Crippen molar-refractivity contribution < 1.29 is 28.5 Å². The summed E-state index contributed by atoms with van der Waals surface area (Å²) in [7, 11) is 0. The van der Waals surface area contributed by atoms with Crippen molar-refractivity contribution in [1.29, 1.82) is 0 Å². The highest BCUT2D eigenvalue weighted by atomic mass is 16.8. The second-order valence-electron chi connectivity index (χ2n) is 18.4. The summed E-state index contributed by atoms with van der Waals surface area (Å²) in [5.74, 6) is -1.28.